The Kier molecular flexibility index (Phi) is 4.55. The van der Waals surface area contributed by atoms with Crippen LogP contribution >= 0.6 is 0 Å². The fourth-order valence-corrected chi connectivity index (χ4v) is 5.22. The Labute approximate surface area is 205 Å². The van der Waals surface area contributed by atoms with Gasteiger partial charge in [0.15, 0.2) is 5.69 Å². The zero-order valence-corrected chi connectivity index (χ0v) is 19.5. The van der Waals surface area contributed by atoms with Gasteiger partial charge in [-0.2, -0.15) is 4.48 Å². The zero-order chi connectivity index (χ0) is 25.4. The van der Waals surface area contributed by atoms with E-state index in [-0.39, 0.29) is 11.4 Å². The van der Waals surface area contributed by atoms with E-state index in [9.17, 15) is 14.4 Å². The predicted octanol–water partition coefficient (Wildman–Crippen LogP) is 2.76. The number of imide groups is 1. The molecule has 3 aliphatic rings. The van der Waals surface area contributed by atoms with Gasteiger partial charge in [0.05, 0.1) is 29.7 Å². The second-order valence-corrected chi connectivity index (χ2v) is 9.13. The molecule has 4 amide bonds. The van der Waals surface area contributed by atoms with E-state index in [1.54, 1.807) is 55.5 Å². The summed E-state index contributed by atoms with van der Waals surface area (Å²) in [6.45, 7) is 1.54. The van der Waals surface area contributed by atoms with Gasteiger partial charge in [0.25, 0.3) is 0 Å². The first-order valence-electron chi connectivity index (χ1n) is 11.4. The lowest BCUT2D eigenvalue weighted by molar-refractivity contribution is -0.146. The number of fused-ring (bicyclic) bond motifs is 2. The highest BCUT2D eigenvalue weighted by Gasteiger charge is 2.66. The number of benzene rings is 3. The molecule has 10 heteroatoms. The minimum Gasteiger partial charge on any atom is -0.276 e. The second kappa shape index (κ2) is 7.37. The quantitative estimate of drug-likeness (QED) is 0.429. The van der Waals surface area contributed by atoms with Gasteiger partial charge in [-0.05, 0) is 25.1 Å². The van der Waals surface area contributed by atoms with E-state index in [0.717, 1.165) is 5.01 Å². The molecule has 0 radical (unpaired) electrons. The van der Waals surface area contributed by atoms with Crippen molar-refractivity contribution in [1.82, 2.24) is 14.9 Å². The Bertz CT molecular complexity index is 1510. The number of quaternary nitrogens is 1. The van der Waals surface area contributed by atoms with Crippen LogP contribution in [0, 0.1) is 5.82 Å². The minimum absolute atomic E-state index is 0.0348. The minimum atomic E-state index is -2.32. The number of hydrogen-bond donors (Lipinski definition) is 2. The number of halogens is 1. The monoisotopic (exact) mass is 485 g/mol. The number of carbonyl (C=O) groups is 3. The number of hydrazine groups is 1. The number of para-hydroxylation sites is 1. The van der Waals surface area contributed by atoms with Gasteiger partial charge in [-0.15, -0.1) is 0 Å². The number of nitrogens with zero attached hydrogens (tertiary/aromatic N) is 4. The van der Waals surface area contributed by atoms with Crippen LogP contribution in [-0.2, 0) is 9.59 Å². The van der Waals surface area contributed by atoms with Crippen LogP contribution in [0.2, 0.25) is 0 Å². The third-order valence-corrected chi connectivity index (χ3v) is 6.98. The highest BCUT2D eigenvalue weighted by molar-refractivity contribution is 6.28. The van der Waals surface area contributed by atoms with Crippen LogP contribution in [-0.4, -0.2) is 47.4 Å². The maximum atomic E-state index is 15.2. The first kappa shape index (κ1) is 22.2. The summed E-state index contributed by atoms with van der Waals surface area (Å²) in [4.78, 5) is 48.0. The molecule has 36 heavy (non-hydrogen) atoms. The van der Waals surface area contributed by atoms with Crippen molar-refractivity contribution in [2.24, 2.45) is 10.7 Å². The molecule has 0 aliphatic carbocycles. The van der Waals surface area contributed by atoms with E-state index in [2.05, 4.69) is 10.4 Å². The maximum Gasteiger partial charge on any atom is 0.391 e. The molecule has 6 rings (SSSR count). The van der Waals surface area contributed by atoms with Crippen molar-refractivity contribution in [3.8, 4) is 0 Å². The topological polar surface area (TPSA) is 108 Å². The predicted molar refractivity (Wildman–Crippen MR) is 132 cm³/mol. The van der Waals surface area contributed by atoms with Crippen LogP contribution < -0.4 is 20.5 Å². The molecule has 3 N–H and O–H groups in total. The normalized spacial score (nSPS) is 26.9. The number of aliphatic imine (C=N–C) groups is 1. The van der Waals surface area contributed by atoms with Gasteiger partial charge in [-0.1, -0.05) is 48.5 Å². The number of amides is 4. The highest BCUT2D eigenvalue weighted by Crippen LogP contribution is 2.46. The second-order valence-electron chi connectivity index (χ2n) is 9.13. The lowest BCUT2D eigenvalue weighted by atomic mass is 9.96. The Morgan fingerprint density at radius 3 is 2.36 bits per heavy atom. The van der Waals surface area contributed by atoms with Crippen molar-refractivity contribution in [1.29, 1.82) is 0 Å². The highest BCUT2D eigenvalue weighted by atomic mass is 19.1. The summed E-state index contributed by atoms with van der Waals surface area (Å²) in [7, 11) is 1.46. The van der Waals surface area contributed by atoms with Gasteiger partial charge < -0.3 is 0 Å². The molecule has 3 aromatic carbocycles. The fraction of sp³-hybridized carbons (Fsp3) is 0.154. The standard InChI is InChI=1S/C26H22FN6O3/c1-15-23(34)33(2)20-14-8-13-19-21(20)22(16-9-4-3-5-10-16)29-26(28,24(33)35)32(30-15)25(36)31(19)18-12-7-6-11-17(18)27/h3-15,30H,28H2,1-2H3/q+1/t15-,26+,33?/m0/s1. The Morgan fingerprint density at radius 2 is 1.64 bits per heavy atom. The van der Waals surface area contributed by atoms with Crippen molar-refractivity contribution in [2.45, 2.75) is 18.8 Å². The molecule has 0 spiro atoms. The van der Waals surface area contributed by atoms with Crippen LogP contribution in [0.25, 0.3) is 0 Å². The number of rotatable bonds is 2. The first-order valence-corrected chi connectivity index (χ1v) is 11.4. The lowest BCUT2D eigenvalue weighted by Crippen LogP contribution is -2.72. The number of anilines is 2. The van der Waals surface area contributed by atoms with Crippen molar-refractivity contribution in [3.63, 3.8) is 0 Å². The summed E-state index contributed by atoms with van der Waals surface area (Å²) in [5.41, 5.74) is 11.3. The smallest absolute Gasteiger partial charge is 0.276 e. The average Bonchev–Trinajstić information content (AvgIpc) is 2.99. The summed E-state index contributed by atoms with van der Waals surface area (Å²) in [5.74, 6) is -4.28. The van der Waals surface area contributed by atoms with E-state index in [1.165, 1.54) is 30.1 Å². The molecule has 3 aliphatic heterocycles. The van der Waals surface area contributed by atoms with Crippen LogP contribution in [0.5, 0.6) is 0 Å². The number of carbonyl (C=O) groups excluding carboxylic acids is 3. The number of likely N-dealkylation sites (N-methyl/N-ethyl adjacent to an activating group) is 1. The SMILES string of the molecule is C[C@@H]1NN2C(=O)N(c3ccccc3F)c3cccc4c3C(c3ccccc3)=N[C@]2(N)C(=O)[N+]4(C)C1=O. The number of hydrogen-bond acceptors (Lipinski definition) is 6. The van der Waals surface area contributed by atoms with Crippen LogP contribution in [0.4, 0.5) is 26.2 Å². The van der Waals surface area contributed by atoms with E-state index >= 15 is 4.39 Å². The number of nitrogens with two attached hydrogens (primary N) is 1. The zero-order valence-electron chi connectivity index (χ0n) is 19.5. The van der Waals surface area contributed by atoms with Gasteiger partial charge in [-0.3, -0.25) is 10.6 Å². The van der Waals surface area contributed by atoms with Gasteiger partial charge in [0.2, 0.25) is 0 Å². The maximum absolute atomic E-state index is 15.2. The van der Waals surface area contributed by atoms with Gasteiger partial charge in [0.1, 0.15) is 11.9 Å². The van der Waals surface area contributed by atoms with E-state index in [1.807, 2.05) is 6.07 Å². The Balaban J connectivity index is 1.83. The number of urea groups is 1. The summed E-state index contributed by atoms with van der Waals surface area (Å²) >= 11 is 0. The molecule has 3 heterocycles. The van der Waals surface area contributed by atoms with Crippen molar-refractivity contribution in [3.05, 3.63) is 89.7 Å². The molecule has 3 atom stereocenters. The van der Waals surface area contributed by atoms with E-state index < -0.39 is 40.0 Å². The van der Waals surface area contributed by atoms with Crippen LogP contribution in [0.1, 0.15) is 18.1 Å². The third kappa shape index (κ3) is 2.68. The molecule has 3 aromatic rings. The van der Waals surface area contributed by atoms with Crippen LogP contribution in [0.3, 0.4) is 0 Å². The fourth-order valence-electron chi connectivity index (χ4n) is 5.22. The molecule has 1 fully saturated rings. The summed E-state index contributed by atoms with van der Waals surface area (Å²) in [6, 6.07) is 18.0. The van der Waals surface area contributed by atoms with Gasteiger partial charge in [0, 0.05) is 11.6 Å². The molecule has 3 bridgehead atoms. The third-order valence-electron chi connectivity index (χ3n) is 6.98. The molecular formula is C26H22FN6O3+. The van der Waals surface area contributed by atoms with E-state index in [0.29, 0.717) is 22.5 Å². The largest absolute Gasteiger partial charge is 0.391 e. The molecule has 0 saturated carbocycles. The van der Waals surface area contributed by atoms with Gasteiger partial charge >= 0.3 is 23.6 Å². The molecule has 180 valence electrons. The molecular weight excluding hydrogens is 463 g/mol. The Hall–Kier alpha value is -4.25. The van der Waals surface area contributed by atoms with Crippen molar-refractivity contribution in [2.75, 3.05) is 11.9 Å². The Morgan fingerprint density at radius 1 is 0.972 bits per heavy atom. The average molecular weight is 485 g/mol. The first-order chi connectivity index (χ1) is 17.2. The molecule has 1 saturated heterocycles. The summed E-state index contributed by atoms with van der Waals surface area (Å²) in [5, 5.41) is 0.857. The summed E-state index contributed by atoms with van der Waals surface area (Å²) < 4.78 is 14.4. The lowest BCUT2D eigenvalue weighted by Gasteiger charge is -2.38. The van der Waals surface area contributed by atoms with Crippen LogP contribution in [0.15, 0.2) is 77.8 Å². The van der Waals surface area contributed by atoms with Crippen molar-refractivity contribution >= 4 is 40.6 Å². The molecule has 1 unspecified atom stereocenters. The van der Waals surface area contributed by atoms with Crippen molar-refractivity contribution < 1.29 is 18.8 Å². The molecule has 9 nitrogen and oxygen atoms in total. The molecule has 0 aromatic heterocycles. The van der Waals surface area contributed by atoms with Gasteiger partial charge in [-0.25, -0.2) is 34.2 Å². The van der Waals surface area contributed by atoms with E-state index in [4.69, 9.17) is 5.73 Å². The summed E-state index contributed by atoms with van der Waals surface area (Å²) in [6.07, 6.45) is 0. The number of nitrogens with one attached hydrogen (secondary N) is 1.